The van der Waals surface area contributed by atoms with Crippen LogP contribution in [0.3, 0.4) is 0 Å². The van der Waals surface area contributed by atoms with Gasteiger partial charge >= 0.3 is 6.09 Å². The van der Waals surface area contributed by atoms with Gasteiger partial charge in [-0.1, -0.05) is 6.92 Å². The Kier molecular flexibility index (Phi) is 10.1. The van der Waals surface area contributed by atoms with Gasteiger partial charge in [-0.05, 0) is 64.3 Å². The molecule has 42 heavy (non-hydrogen) atoms. The molecule has 3 amide bonds. The van der Waals surface area contributed by atoms with E-state index in [4.69, 9.17) is 19.9 Å². The first-order chi connectivity index (χ1) is 20.0. The summed E-state index contributed by atoms with van der Waals surface area (Å²) in [6.45, 7) is 11.2. The van der Waals surface area contributed by atoms with E-state index in [1.54, 1.807) is 35.2 Å². The van der Waals surface area contributed by atoms with Crippen molar-refractivity contribution in [2.24, 2.45) is 5.73 Å². The second-order valence-corrected chi connectivity index (χ2v) is 11.5. The largest absolute Gasteiger partial charge is 0.477 e. The van der Waals surface area contributed by atoms with Gasteiger partial charge in [0.2, 0.25) is 5.88 Å². The minimum absolute atomic E-state index is 0.0521. The van der Waals surface area contributed by atoms with Gasteiger partial charge in [-0.3, -0.25) is 9.59 Å². The van der Waals surface area contributed by atoms with Crippen LogP contribution in [0.4, 0.5) is 22.0 Å². The zero-order valence-corrected chi connectivity index (χ0v) is 24.9. The van der Waals surface area contributed by atoms with Crippen molar-refractivity contribution in [2.75, 3.05) is 56.2 Å². The quantitative estimate of drug-likeness (QED) is 0.403. The lowest BCUT2D eigenvalue weighted by atomic mass is 10.1. The zero-order valence-electron chi connectivity index (χ0n) is 24.9. The molecule has 0 saturated carbocycles. The van der Waals surface area contributed by atoms with Crippen molar-refractivity contribution in [3.63, 3.8) is 0 Å². The number of nitrogens with two attached hydrogens (primary N) is 1. The number of alkyl carbamates (subject to hydrolysis) is 1. The van der Waals surface area contributed by atoms with Crippen molar-refractivity contribution in [1.29, 1.82) is 0 Å². The van der Waals surface area contributed by atoms with Crippen molar-refractivity contribution in [3.05, 3.63) is 41.5 Å². The molecule has 2 aliphatic rings. The molecule has 2 aromatic rings. The van der Waals surface area contributed by atoms with Crippen LogP contribution in [0.1, 0.15) is 67.7 Å². The normalized spacial score (nSPS) is 17.4. The molecule has 0 spiro atoms. The van der Waals surface area contributed by atoms with Gasteiger partial charge in [0.25, 0.3) is 11.8 Å². The molecule has 1 aromatic heterocycles. The van der Waals surface area contributed by atoms with E-state index < -0.39 is 17.6 Å². The fourth-order valence-electron chi connectivity index (χ4n) is 4.89. The lowest BCUT2D eigenvalue weighted by molar-refractivity contribution is 0.0303. The van der Waals surface area contributed by atoms with Gasteiger partial charge in [-0.15, -0.1) is 0 Å². The topological polar surface area (TPSA) is 148 Å². The maximum absolute atomic E-state index is 12.9. The second-order valence-electron chi connectivity index (χ2n) is 11.5. The van der Waals surface area contributed by atoms with E-state index in [9.17, 15) is 14.4 Å². The van der Waals surface area contributed by atoms with E-state index in [-0.39, 0.29) is 23.4 Å². The molecule has 2 saturated heterocycles. The number of nitrogens with one attached hydrogen (secondary N) is 2. The SMILES string of the molecule is CCCOc1nc(N2CCCC(NC(=O)OC(C)(C)C)C2)cc(Nc2ccc(C(=O)N3CCOCC3)cc2)c1C(N)=O. The average molecular weight is 583 g/mol. The van der Waals surface area contributed by atoms with Crippen LogP contribution in [-0.4, -0.2) is 85.4 Å². The third-order valence-electron chi connectivity index (χ3n) is 6.84. The van der Waals surface area contributed by atoms with Gasteiger partial charge in [-0.2, -0.15) is 4.98 Å². The minimum Gasteiger partial charge on any atom is -0.477 e. The molecule has 1 unspecified atom stereocenters. The highest BCUT2D eigenvalue weighted by molar-refractivity contribution is 6.02. The average Bonchev–Trinajstić information content (AvgIpc) is 2.95. The number of primary amides is 1. The summed E-state index contributed by atoms with van der Waals surface area (Å²) in [7, 11) is 0. The highest BCUT2D eigenvalue weighted by Crippen LogP contribution is 2.33. The van der Waals surface area contributed by atoms with Crippen LogP contribution < -0.4 is 26.0 Å². The van der Waals surface area contributed by atoms with Crippen LogP contribution in [0, 0.1) is 0 Å². The predicted molar refractivity (Wildman–Crippen MR) is 160 cm³/mol. The first kappa shape index (κ1) is 30.9. The van der Waals surface area contributed by atoms with Crippen LogP contribution in [0.15, 0.2) is 30.3 Å². The smallest absolute Gasteiger partial charge is 0.407 e. The second kappa shape index (κ2) is 13.7. The number of amides is 3. The molecule has 228 valence electrons. The van der Waals surface area contributed by atoms with Crippen molar-refractivity contribution in [1.82, 2.24) is 15.2 Å². The number of carbonyl (C=O) groups is 3. The maximum Gasteiger partial charge on any atom is 0.407 e. The Hall–Kier alpha value is -4.06. The van der Waals surface area contributed by atoms with Crippen LogP contribution in [0.2, 0.25) is 0 Å². The Morgan fingerprint density at radius 3 is 2.48 bits per heavy atom. The van der Waals surface area contributed by atoms with E-state index >= 15 is 0 Å². The number of anilines is 3. The fraction of sp³-hybridized carbons (Fsp3) is 0.533. The fourth-order valence-corrected chi connectivity index (χ4v) is 4.89. The third kappa shape index (κ3) is 8.25. The number of hydrogen-bond acceptors (Lipinski definition) is 9. The molecule has 3 heterocycles. The first-order valence-corrected chi connectivity index (χ1v) is 14.5. The molecule has 4 N–H and O–H groups in total. The van der Waals surface area contributed by atoms with E-state index in [1.165, 1.54) is 0 Å². The first-order valence-electron chi connectivity index (χ1n) is 14.5. The molecular formula is C30H42N6O6. The molecule has 1 aromatic carbocycles. The molecule has 0 aliphatic carbocycles. The van der Waals surface area contributed by atoms with Gasteiger partial charge in [-0.25, -0.2) is 4.79 Å². The van der Waals surface area contributed by atoms with Crippen LogP contribution in [0.5, 0.6) is 5.88 Å². The number of morpholine rings is 1. The molecule has 2 fully saturated rings. The Bertz CT molecular complexity index is 1260. The highest BCUT2D eigenvalue weighted by atomic mass is 16.6. The van der Waals surface area contributed by atoms with Crippen LogP contribution in [-0.2, 0) is 9.47 Å². The molecule has 0 bridgehead atoms. The minimum atomic E-state index is -0.676. The lowest BCUT2D eigenvalue weighted by Gasteiger charge is -2.34. The number of carbonyl (C=O) groups excluding carboxylic acids is 3. The predicted octanol–water partition coefficient (Wildman–Crippen LogP) is 3.68. The van der Waals surface area contributed by atoms with Gasteiger partial charge in [0.05, 0.1) is 25.5 Å². The van der Waals surface area contributed by atoms with E-state index in [2.05, 4.69) is 15.6 Å². The van der Waals surface area contributed by atoms with Gasteiger partial charge in [0.15, 0.2) is 0 Å². The van der Waals surface area contributed by atoms with Gasteiger partial charge < -0.3 is 40.4 Å². The summed E-state index contributed by atoms with van der Waals surface area (Å²) >= 11 is 0. The standard InChI is InChI=1S/C30H42N6O6/c1-5-15-41-27-25(26(31)37)23(32-21-10-8-20(9-11-21)28(38)35-13-16-40-17-14-35)18-24(34-27)36-12-6-7-22(19-36)33-29(39)42-30(2,3)4/h8-11,18,22H,5-7,12-17,19H2,1-4H3,(H2,31,37)(H,32,34)(H,33,39). The molecule has 4 rings (SSSR count). The Balaban J connectivity index is 1.57. The molecule has 12 heteroatoms. The number of benzene rings is 1. The van der Waals surface area contributed by atoms with Crippen LogP contribution in [0.25, 0.3) is 0 Å². The molecule has 1 atom stereocenters. The summed E-state index contributed by atoms with van der Waals surface area (Å²) in [5.41, 5.74) is 7.03. The summed E-state index contributed by atoms with van der Waals surface area (Å²) < 4.78 is 16.7. The van der Waals surface area contributed by atoms with Crippen molar-refractivity contribution in [3.8, 4) is 5.88 Å². The monoisotopic (exact) mass is 582 g/mol. The number of pyridine rings is 1. The summed E-state index contributed by atoms with van der Waals surface area (Å²) in [5, 5.41) is 6.24. The number of piperidine rings is 1. The van der Waals surface area contributed by atoms with E-state index in [0.717, 1.165) is 19.3 Å². The van der Waals surface area contributed by atoms with Crippen molar-refractivity contribution < 1.29 is 28.6 Å². The Morgan fingerprint density at radius 2 is 1.83 bits per heavy atom. The zero-order chi connectivity index (χ0) is 30.3. The van der Waals surface area contributed by atoms with E-state index in [1.807, 2.05) is 32.6 Å². The van der Waals surface area contributed by atoms with Gasteiger partial charge in [0, 0.05) is 49.5 Å². The molecular weight excluding hydrogens is 540 g/mol. The van der Waals surface area contributed by atoms with Crippen LogP contribution >= 0.6 is 0 Å². The van der Waals surface area contributed by atoms with Crippen molar-refractivity contribution in [2.45, 2.75) is 58.6 Å². The summed E-state index contributed by atoms with van der Waals surface area (Å²) in [6, 6.07) is 8.69. The molecule has 12 nitrogen and oxygen atoms in total. The number of nitrogens with zero attached hydrogens (tertiary/aromatic N) is 3. The highest BCUT2D eigenvalue weighted by Gasteiger charge is 2.28. The lowest BCUT2D eigenvalue weighted by Crippen LogP contribution is -2.49. The van der Waals surface area contributed by atoms with Crippen molar-refractivity contribution >= 4 is 35.1 Å². The Labute approximate surface area is 246 Å². The number of rotatable bonds is 9. The third-order valence-corrected chi connectivity index (χ3v) is 6.84. The van der Waals surface area contributed by atoms with Gasteiger partial charge in [0.1, 0.15) is 17.0 Å². The Morgan fingerprint density at radius 1 is 1.12 bits per heavy atom. The number of ether oxygens (including phenoxy) is 3. The van der Waals surface area contributed by atoms with E-state index in [0.29, 0.717) is 68.8 Å². The summed E-state index contributed by atoms with van der Waals surface area (Å²) in [4.78, 5) is 46.4. The summed E-state index contributed by atoms with van der Waals surface area (Å²) in [6.07, 6.45) is 1.88. The number of hydrogen-bond donors (Lipinski definition) is 3. The number of aromatic nitrogens is 1. The summed E-state index contributed by atoms with van der Waals surface area (Å²) in [5.74, 6) is 0.00254. The molecule has 0 radical (unpaired) electrons. The molecule has 2 aliphatic heterocycles. The maximum atomic E-state index is 12.9.